The van der Waals surface area contributed by atoms with Crippen LogP contribution in [0.2, 0.25) is 0 Å². The molecule has 0 radical (unpaired) electrons. The van der Waals surface area contributed by atoms with Gasteiger partial charge in [-0.3, -0.25) is 4.79 Å². The Bertz CT molecular complexity index is 761. The van der Waals surface area contributed by atoms with Gasteiger partial charge >= 0.3 is 0 Å². The highest BCUT2D eigenvalue weighted by Gasteiger charge is 2.24. The minimum atomic E-state index is 0.0165. The zero-order valence-electron chi connectivity index (χ0n) is 13.8. The summed E-state index contributed by atoms with van der Waals surface area (Å²) in [5.41, 5.74) is 0.773. The first-order valence-electron chi connectivity index (χ1n) is 8.48. The van der Waals surface area contributed by atoms with Crippen molar-refractivity contribution in [1.82, 2.24) is 5.32 Å². The fourth-order valence-corrected chi connectivity index (χ4v) is 3.91. The molecule has 1 atom stereocenters. The van der Waals surface area contributed by atoms with E-state index in [9.17, 15) is 4.79 Å². The van der Waals surface area contributed by atoms with Crippen molar-refractivity contribution in [2.24, 2.45) is 5.92 Å². The van der Waals surface area contributed by atoms with Crippen LogP contribution in [0.3, 0.4) is 0 Å². The molecule has 0 aromatic heterocycles. The lowest BCUT2D eigenvalue weighted by molar-refractivity contribution is -0.119. The number of carbonyl (C=O) groups is 1. The van der Waals surface area contributed by atoms with E-state index in [2.05, 4.69) is 10.6 Å². The Kier molecular flexibility index (Phi) is 4.81. The maximum atomic E-state index is 12.6. The molecule has 130 valence electrons. The molecule has 0 bridgehead atoms. The van der Waals surface area contributed by atoms with Gasteiger partial charge in [-0.15, -0.1) is 0 Å². The Morgan fingerprint density at radius 2 is 1.88 bits per heavy atom. The SMILES string of the molecule is O=C(Nc1cc2c(cc1Sc1ccccc1)OCCO2)C1CCNC1. The number of ether oxygens (including phenoxy) is 2. The maximum Gasteiger partial charge on any atom is 0.228 e. The van der Waals surface area contributed by atoms with Gasteiger partial charge in [-0.2, -0.15) is 0 Å². The van der Waals surface area contributed by atoms with Gasteiger partial charge in [-0.25, -0.2) is 0 Å². The molecule has 2 aromatic rings. The molecule has 1 amide bonds. The van der Waals surface area contributed by atoms with Crippen molar-refractivity contribution in [3.8, 4) is 11.5 Å². The van der Waals surface area contributed by atoms with E-state index < -0.39 is 0 Å². The normalized spacial score (nSPS) is 18.8. The topological polar surface area (TPSA) is 59.6 Å². The molecule has 1 unspecified atom stereocenters. The van der Waals surface area contributed by atoms with E-state index in [1.807, 2.05) is 42.5 Å². The first-order chi connectivity index (χ1) is 12.3. The minimum absolute atomic E-state index is 0.0165. The highest BCUT2D eigenvalue weighted by molar-refractivity contribution is 7.99. The van der Waals surface area contributed by atoms with Gasteiger partial charge in [0.2, 0.25) is 5.91 Å². The van der Waals surface area contributed by atoms with Crippen LogP contribution in [0.4, 0.5) is 5.69 Å². The molecule has 2 aromatic carbocycles. The molecular weight excluding hydrogens is 336 g/mol. The van der Waals surface area contributed by atoms with Crippen LogP contribution in [-0.2, 0) is 4.79 Å². The molecule has 2 N–H and O–H groups in total. The van der Waals surface area contributed by atoms with E-state index in [1.54, 1.807) is 11.8 Å². The van der Waals surface area contributed by atoms with Crippen LogP contribution in [0, 0.1) is 5.92 Å². The van der Waals surface area contributed by atoms with Gasteiger partial charge in [0, 0.05) is 28.5 Å². The lowest BCUT2D eigenvalue weighted by atomic mass is 10.1. The quantitative estimate of drug-likeness (QED) is 0.881. The van der Waals surface area contributed by atoms with Crippen molar-refractivity contribution in [3.05, 3.63) is 42.5 Å². The monoisotopic (exact) mass is 356 g/mol. The number of hydrogen-bond acceptors (Lipinski definition) is 5. The summed E-state index contributed by atoms with van der Waals surface area (Å²) in [6, 6.07) is 13.9. The fraction of sp³-hybridized carbons (Fsp3) is 0.316. The number of carbonyl (C=O) groups excluding carboxylic acids is 1. The predicted octanol–water partition coefficient (Wildman–Crippen LogP) is 3.16. The summed E-state index contributed by atoms with van der Waals surface area (Å²) in [6.07, 6.45) is 0.873. The predicted molar refractivity (Wildman–Crippen MR) is 97.6 cm³/mol. The molecular formula is C19H20N2O3S. The molecule has 0 saturated carbocycles. The zero-order chi connectivity index (χ0) is 17.1. The summed E-state index contributed by atoms with van der Waals surface area (Å²) in [7, 11) is 0. The zero-order valence-corrected chi connectivity index (χ0v) is 14.6. The lowest BCUT2D eigenvalue weighted by Gasteiger charge is -2.22. The van der Waals surface area contributed by atoms with Gasteiger partial charge < -0.3 is 20.1 Å². The third kappa shape index (κ3) is 3.75. The Morgan fingerprint density at radius 3 is 2.60 bits per heavy atom. The first-order valence-corrected chi connectivity index (χ1v) is 9.29. The summed E-state index contributed by atoms with van der Waals surface area (Å²) in [4.78, 5) is 14.6. The summed E-state index contributed by atoms with van der Waals surface area (Å²) in [5.74, 6) is 1.48. The molecule has 5 nitrogen and oxygen atoms in total. The van der Waals surface area contributed by atoms with Crippen molar-refractivity contribution < 1.29 is 14.3 Å². The van der Waals surface area contributed by atoms with Crippen LogP contribution in [0.5, 0.6) is 11.5 Å². The molecule has 2 aliphatic rings. The number of amides is 1. The van der Waals surface area contributed by atoms with Crippen LogP contribution in [0.25, 0.3) is 0 Å². The van der Waals surface area contributed by atoms with Gasteiger partial charge in [0.05, 0.1) is 11.6 Å². The third-order valence-electron chi connectivity index (χ3n) is 4.30. The Hall–Kier alpha value is -2.18. The van der Waals surface area contributed by atoms with Crippen LogP contribution in [-0.4, -0.2) is 32.2 Å². The van der Waals surface area contributed by atoms with E-state index >= 15 is 0 Å². The second kappa shape index (κ2) is 7.37. The molecule has 6 heteroatoms. The first kappa shape index (κ1) is 16.3. The van der Waals surface area contributed by atoms with Gasteiger partial charge in [0.1, 0.15) is 13.2 Å². The maximum absolute atomic E-state index is 12.6. The van der Waals surface area contributed by atoms with Crippen molar-refractivity contribution in [2.45, 2.75) is 16.2 Å². The van der Waals surface area contributed by atoms with Gasteiger partial charge in [-0.1, -0.05) is 30.0 Å². The fourth-order valence-electron chi connectivity index (χ4n) is 2.98. The van der Waals surface area contributed by atoms with Gasteiger partial charge in [0.15, 0.2) is 11.5 Å². The van der Waals surface area contributed by atoms with Crippen LogP contribution in [0.15, 0.2) is 52.3 Å². The Labute approximate surface area is 151 Å². The number of anilines is 1. The van der Waals surface area contributed by atoms with Crippen LogP contribution < -0.4 is 20.1 Å². The third-order valence-corrected chi connectivity index (χ3v) is 5.37. The average molecular weight is 356 g/mol. The van der Waals surface area contributed by atoms with E-state index in [-0.39, 0.29) is 11.8 Å². The largest absolute Gasteiger partial charge is 0.486 e. The average Bonchev–Trinajstić information content (AvgIpc) is 3.18. The lowest BCUT2D eigenvalue weighted by Crippen LogP contribution is -2.25. The molecule has 0 aliphatic carbocycles. The molecule has 4 rings (SSSR count). The Morgan fingerprint density at radius 1 is 1.12 bits per heavy atom. The molecule has 1 saturated heterocycles. The molecule has 2 aliphatic heterocycles. The number of nitrogens with one attached hydrogen (secondary N) is 2. The number of fused-ring (bicyclic) bond motifs is 1. The van der Waals surface area contributed by atoms with E-state index in [0.717, 1.165) is 40.7 Å². The number of benzene rings is 2. The molecule has 25 heavy (non-hydrogen) atoms. The van der Waals surface area contributed by atoms with Crippen molar-refractivity contribution >= 4 is 23.4 Å². The second-order valence-electron chi connectivity index (χ2n) is 6.09. The van der Waals surface area contributed by atoms with Gasteiger partial charge in [0.25, 0.3) is 0 Å². The number of rotatable bonds is 4. The van der Waals surface area contributed by atoms with E-state index in [1.165, 1.54) is 0 Å². The van der Waals surface area contributed by atoms with E-state index in [0.29, 0.717) is 19.0 Å². The summed E-state index contributed by atoms with van der Waals surface area (Å²) >= 11 is 1.61. The smallest absolute Gasteiger partial charge is 0.228 e. The van der Waals surface area contributed by atoms with Crippen molar-refractivity contribution in [3.63, 3.8) is 0 Å². The van der Waals surface area contributed by atoms with Crippen molar-refractivity contribution in [1.29, 1.82) is 0 Å². The summed E-state index contributed by atoms with van der Waals surface area (Å²) in [6.45, 7) is 2.70. The Balaban J connectivity index is 1.63. The van der Waals surface area contributed by atoms with E-state index in [4.69, 9.17) is 9.47 Å². The van der Waals surface area contributed by atoms with Crippen LogP contribution in [0.1, 0.15) is 6.42 Å². The van der Waals surface area contributed by atoms with Crippen LogP contribution >= 0.6 is 11.8 Å². The van der Waals surface area contributed by atoms with Crippen molar-refractivity contribution in [2.75, 3.05) is 31.6 Å². The highest BCUT2D eigenvalue weighted by Crippen LogP contribution is 2.42. The highest BCUT2D eigenvalue weighted by atomic mass is 32.2. The molecule has 1 fully saturated rings. The summed E-state index contributed by atoms with van der Waals surface area (Å²) in [5, 5.41) is 6.32. The molecule has 2 heterocycles. The molecule has 0 spiro atoms. The number of hydrogen-bond donors (Lipinski definition) is 2. The second-order valence-corrected chi connectivity index (χ2v) is 7.20. The summed E-state index contributed by atoms with van der Waals surface area (Å²) < 4.78 is 11.4. The standard InChI is InChI=1S/C19H20N2O3S/c22-19(13-6-7-20-12-13)21-15-10-16-17(24-9-8-23-16)11-18(15)25-14-4-2-1-3-5-14/h1-5,10-11,13,20H,6-9,12H2,(H,21,22). The van der Waals surface area contributed by atoms with Gasteiger partial charge in [-0.05, 0) is 25.1 Å². The minimum Gasteiger partial charge on any atom is -0.486 e.